The van der Waals surface area contributed by atoms with E-state index >= 15 is 0 Å². The molecule has 0 saturated carbocycles. The number of halogens is 3. The van der Waals surface area contributed by atoms with Crippen molar-refractivity contribution < 1.29 is 9.53 Å². The maximum absolute atomic E-state index is 12.3. The molecule has 2 aromatic carbocycles. The molecular formula is C17H16Cl3NO2. The zero-order valence-electron chi connectivity index (χ0n) is 12.6. The van der Waals surface area contributed by atoms with Crippen LogP contribution in [0.5, 0.6) is 5.75 Å². The van der Waals surface area contributed by atoms with E-state index in [1.807, 2.05) is 6.92 Å². The van der Waals surface area contributed by atoms with Gasteiger partial charge in [-0.1, -0.05) is 46.9 Å². The van der Waals surface area contributed by atoms with Gasteiger partial charge in [-0.15, -0.1) is 0 Å². The summed E-state index contributed by atoms with van der Waals surface area (Å²) in [6.07, 6.45) is -0.665. The van der Waals surface area contributed by atoms with E-state index in [-0.39, 0.29) is 11.9 Å². The van der Waals surface area contributed by atoms with Gasteiger partial charge in [0.2, 0.25) is 0 Å². The second-order valence-electron chi connectivity index (χ2n) is 5.11. The number of rotatable bonds is 5. The van der Waals surface area contributed by atoms with E-state index in [0.717, 1.165) is 5.56 Å². The van der Waals surface area contributed by atoms with Crippen molar-refractivity contribution in [1.82, 2.24) is 5.32 Å². The number of hydrogen-bond donors (Lipinski definition) is 1. The molecule has 3 nitrogen and oxygen atoms in total. The Balaban J connectivity index is 2.00. The molecule has 0 aliphatic rings. The lowest BCUT2D eigenvalue weighted by Gasteiger charge is -2.20. The average molecular weight is 373 g/mol. The number of benzene rings is 2. The van der Waals surface area contributed by atoms with Crippen LogP contribution in [0.4, 0.5) is 0 Å². The van der Waals surface area contributed by atoms with Gasteiger partial charge in [0.25, 0.3) is 5.91 Å². The van der Waals surface area contributed by atoms with Crippen molar-refractivity contribution in [3.8, 4) is 5.75 Å². The molecule has 0 aliphatic carbocycles. The highest BCUT2D eigenvalue weighted by Gasteiger charge is 2.19. The van der Waals surface area contributed by atoms with Gasteiger partial charge in [-0.25, -0.2) is 0 Å². The van der Waals surface area contributed by atoms with E-state index in [1.54, 1.807) is 49.4 Å². The Labute approximate surface area is 150 Å². The van der Waals surface area contributed by atoms with Gasteiger partial charge in [0, 0.05) is 15.1 Å². The Hall–Kier alpha value is -1.42. The highest BCUT2D eigenvalue weighted by Crippen LogP contribution is 2.26. The first-order valence-electron chi connectivity index (χ1n) is 7.04. The first-order chi connectivity index (χ1) is 10.9. The van der Waals surface area contributed by atoms with E-state index in [9.17, 15) is 4.79 Å². The summed E-state index contributed by atoms with van der Waals surface area (Å²) in [5.41, 5.74) is 0.791. The van der Waals surface area contributed by atoms with Gasteiger partial charge in [0.05, 0.1) is 6.04 Å². The van der Waals surface area contributed by atoms with E-state index in [0.29, 0.717) is 20.8 Å². The smallest absolute Gasteiger partial charge is 0.261 e. The van der Waals surface area contributed by atoms with Crippen molar-refractivity contribution in [2.45, 2.75) is 26.0 Å². The van der Waals surface area contributed by atoms with Crippen molar-refractivity contribution in [2.24, 2.45) is 0 Å². The Morgan fingerprint density at radius 3 is 2.39 bits per heavy atom. The van der Waals surface area contributed by atoms with E-state index < -0.39 is 6.10 Å². The Bertz CT molecular complexity index is 706. The van der Waals surface area contributed by atoms with Crippen LogP contribution in [0.25, 0.3) is 0 Å². The molecule has 2 rings (SSSR count). The molecular weight excluding hydrogens is 357 g/mol. The summed E-state index contributed by atoms with van der Waals surface area (Å²) in [4.78, 5) is 12.3. The molecule has 0 radical (unpaired) electrons. The average Bonchev–Trinajstić information content (AvgIpc) is 2.46. The van der Waals surface area contributed by atoms with Gasteiger partial charge in [-0.05, 0) is 49.7 Å². The third-order valence-corrected chi connectivity index (χ3v) is 4.06. The summed E-state index contributed by atoms with van der Waals surface area (Å²) in [6, 6.07) is 11.8. The molecule has 0 bridgehead atoms. The van der Waals surface area contributed by atoms with Gasteiger partial charge in [0.15, 0.2) is 6.10 Å². The van der Waals surface area contributed by atoms with Crippen molar-refractivity contribution in [3.63, 3.8) is 0 Å². The van der Waals surface area contributed by atoms with Gasteiger partial charge < -0.3 is 10.1 Å². The van der Waals surface area contributed by atoms with Crippen LogP contribution in [-0.4, -0.2) is 12.0 Å². The molecule has 0 unspecified atom stereocenters. The number of ether oxygens (including phenoxy) is 1. The Morgan fingerprint density at radius 1 is 1.04 bits per heavy atom. The van der Waals surface area contributed by atoms with Crippen molar-refractivity contribution in [3.05, 3.63) is 63.1 Å². The normalized spacial score (nSPS) is 13.3. The van der Waals surface area contributed by atoms with Crippen molar-refractivity contribution in [1.29, 1.82) is 0 Å². The van der Waals surface area contributed by atoms with Crippen LogP contribution >= 0.6 is 34.8 Å². The summed E-state index contributed by atoms with van der Waals surface area (Å²) in [5.74, 6) is 0.292. The largest absolute Gasteiger partial charge is 0.481 e. The minimum atomic E-state index is -0.665. The highest BCUT2D eigenvalue weighted by atomic mass is 35.5. The molecule has 0 spiro atoms. The topological polar surface area (TPSA) is 38.3 Å². The highest BCUT2D eigenvalue weighted by molar-refractivity contribution is 6.35. The summed E-state index contributed by atoms with van der Waals surface area (Å²) in [7, 11) is 0. The Morgan fingerprint density at radius 2 is 1.74 bits per heavy atom. The third kappa shape index (κ3) is 5.03. The molecule has 0 aliphatic heterocycles. The second kappa shape index (κ2) is 7.91. The molecule has 1 amide bonds. The van der Waals surface area contributed by atoms with Gasteiger partial charge >= 0.3 is 0 Å². The van der Waals surface area contributed by atoms with E-state index in [1.165, 1.54) is 0 Å². The van der Waals surface area contributed by atoms with Gasteiger partial charge in [-0.3, -0.25) is 4.79 Å². The maximum Gasteiger partial charge on any atom is 0.261 e. The molecule has 2 aromatic rings. The summed E-state index contributed by atoms with van der Waals surface area (Å²) >= 11 is 17.9. The van der Waals surface area contributed by atoms with Gasteiger partial charge in [0.1, 0.15) is 5.75 Å². The zero-order chi connectivity index (χ0) is 17.0. The van der Waals surface area contributed by atoms with Crippen LogP contribution in [0.3, 0.4) is 0 Å². The van der Waals surface area contributed by atoms with E-state index in [4.69, 9.17) is 39.5 Å². The number of carbonyl (C=O) groups is 1. The minimum absolute atomic E-state index is 0.247. The van der Waals surface area contributed by atoms with Gasteiger partial charge in [-0.2, -0.15) is 0 Å². The molecule has 1 N–H and O–H groups in total. The van der Waals surface area contributed by atoms with Crippen molar-refractivity contribution >= 4 is 40.7 Å². The van der Waals surface area contributed by atoms with Crippen molar-refractivity contribution in [2.75, 3.05) is 0 Å². The number of hydrogen-bond acceptors (Lipinski definition) is 2. The molecule has 122 valence electrons. The molecule has 0 saturated heterocycles. The van der Waals surface area contributed by atoms with Crippen LogP contribution in [0, 0.1) is 0 Å². The fourth-order valence-corrected chi connectivity index (χ4v) is 2.81. The quantitative estimate of drug-likeness (QED) is 0.774. The lowest BCUT2D eigenvalue weighted by atomic mass is 10.1. The molecule has 2 atom stereocenters. The van der Waals surface area contributed by atoms with Crippen LogP contribution in [0.1, 0.15) is 25.5 Å². The van der Waals surface area contributed by atoms with Crippen LogP contribution in [0.15, 0.2) is 42.5 Å². The fourth-order valence-electron chi connectivity index (χ4n) is 2.06. The minimum Gasteiger partial charge on any atom is -0.481 e. The maximum atomic E-state index is 12.3. The number of carbonyl (C=O) groups excluding carboxylic acids is 1. The third-order valence-electron chi connectivity index (χ3n) is 3.27. The molecule has 6 heteroatoms. The fraction of sp³-hybridized carbons (Fsp3) is 0.235. The lowest BCUT2D eigenvalue weighted by molar-refractivity contribution is -0.127. The summed E-state index contributed by atoms with van der Waals surface area (Å²) in [5, 5.41) is 4.48. The number of nitrogens with one attached hydrogen (secondary N) is 1. The standard InChI is InChI=1S/C17H16Cl3NO2/c1-10(15-7-6-13(19)9-16(15)20)21-17(22)11(2)23-14-5-3-4-12(18)8-14/h3-11H,1-2H3,(H,21,22)/t10-,11-/m1/s1. The van der Waals surface area contributed by atoms with Crippen LogP contribution < -0.4 is 10.1 Å². The zero-order valence-corrected chi connectivity index (χ0v) is 14.9. The summed E-state index contributed by atoms with van der Waals surface area (Å²) in [6.45, 7) is 3.52. The predicted octanol–water partition coefficient (Wildman–Crippen LogP) is 5.29. The van der Waals surface area contributed by atoms with E-state index in [2.05, 4.69) is 5.32 Å². The molecule has 23 heavy (non-hydrogen) atoms. The molecule has 0 fully saturated rings. The predicted molar refractivity (Wildman–Crippen MR) is 94.6 cm³/mol. The Kier molecular flexibility index (Phi) is 6.17. The first-order valence-corrected chi connectivity index (χ1v) is 8.17. The van der Waals surface area contributed by atoms with Crippen LogP contribution in [-0.2, 0) is 4.79 Å². The number of amides is 1. The second-order valence-corrected chi connectivity index (χ2v) is 6.39. The monoisotopic (exact) mass is 371 g/mol. The summed E-state index contributed by atoms with van der Waals surface area (Å²) < 4.78 is 5.59. The van der Waals surface area contributed by atoms with Crippen LogP contribution in [0.2, 0.25) is 15.1 Å². The molecule has 0 aromatic heterocycles. The first kappa shape index (κ1) is 17.9. The SMILES string of the molecule is C[C@@H](Oc1cccc(Cl)c1)C(=O)N[C@H](C)c1ccc(Cl)cc1Cl. The molecule has 0 heterocycles. The lowest BCUT2D eigenvalue weighted by Crippen LogP contribution is -2.37.